The number of carbonyl (C=O) groups is 1. The monoisotopic (exact) mass is 345 g/mol. The first-order chi connectivity index (χ1) is 12.1. The van der Waals surface area contributed by atoms with Crippen LogP contribution in [0.15, 0.2) is 36.4 Å². The Morgan fingerprint density at radius 1 is 1.12 bits per heavy atom. The molecule has 0 atom stereocenters. The number of hydrogen-bond acceptors (Lipinski definition) is 4. The zero-order valence-electron chi connectivity index (χ0n) is 13.0. The van der Waals surface area contributed by atoms with Crippen LogP contribution in [-0.2, 0) is 0 Å². The first-order valence-electron chi connectivity index (χ1n) is 7.35. The van der Waals surface area contributed by atoms with Gasteiger partial charge in [-0.3, -0.25) is 4.79 Å². The Balaban J connectivity index is 1.46. The highest BCUT2D eigenvalue weighted by atomic mass is 19.1. The smallest absolute Gasteiger partial charge is 0.258 e. The minimum Gasteiger partial charge on any atom is -0.481 e. The number of nitrogens with one attached hydrogen (secondary N) is 1. The van der Waals surface area contributed by atoms with Crippen molar-refractivity contribution in [3.63, 3.8) is 0 Å². The van der Waals surface area contributed by atoms with Gasteiger partial charge in [0, 0.05) is 6.07 Å². The zero-order chi connectivity index (χ0) is 17.6. The van der Waals surface area contributed by atoms with Crippen LogP contribution in [0.4, 0.5) is 8.78 Å². The molecule has 1 N–H and O–H groups in total. The summed E-state index contributed by atoms with van der Waals surface area (Å²) in [6, 6.07) is 8.36. The predicted molar refractivity (Wildman–Crippen MR) is 84.5 cm³/mol. The van der Waals surface area contributed by atoms with Crippen LogP contribution in [0.5, 0.6) is 17.2 Å². The Bertz CT molecular complexity index is 838. The van der Waals surface area contributed by atoms with Crippen molar-refractivity contribution in [3.8, 4) is 29.1 Å². The molecule has 0 unspecified atom stereocenters. The average Bonchev–Trinajstić information content (AvgIpc) is 3.05. The number of fused-ring (bicyclic) bond motifs is 1. The number of amides is 1. The number of carbonyl (C=O) groups excluding carboxylic acids is 1. The van der Waals surface area contributed by atoms with Gasteiger partial charge in [-0.15, -0.1) is 0 Å². The first-order valence-corrected chi connectivity index (χ1v) is 7.35. The van der Waals surface area contributed by atoms with Gasteiger partial charge in [-0.1, -0.05) is 17.9 Å². The molecule has 1 amide bonds. The minimum absolute atomic E-state index is 0.0584. The molecule has 0 radical (unpaired) electrons. The van der Waals surface area contributed by atoms with E-state index in [0.29, 0.717) is 17.2 Å². The van der Waals surface area contributed by atoms with E-state index in [1.165, 1.54) is 6.07 Å². The lowest BCUT2D eigenvalue weighted by molar-refractivity contribution is 0.0950. The van der Waals surface area contributed by atoms with Gasteiger partial charge in [-0.25, -0.2) is 8.78 Å². The largest absolute Gasteiger partial charge is 0.481 e. The van der Waals surface area contributed by atoms with Gasteiger partial charge >= 0.3 is 0 Å². The standard InChI is InChI=1S/C18H13F2NO4/c19-13-4-3-5-14(20)17(13)18(22)21-8-1-2-9-23-12-6-7-15-16(10-12)25-11-24-15/h3-7,10H,8-9,11H2,(H,21,22). The summed E-state index contributed by atoms with van der Waals surface area (Å²) in [5.41, 5.74) is -0.624. The number of benzene rings is 2. The fourth-order valence-corrected chi connectivity index (χ4v) is 2.13. The van der Waals surface area contributed by atoms with Crippen molar-refractivity contribution in [1.29, 1.82) is 0 Å². The molecule has 7 heteroatoms. The van der Waals surface area contributed by atoms with Gasteiger partial charge in [0.05, 0.1) is 6.54 Å². The van der Waals surface area contributed by atoms with Crippen LogP contribution < -0.4 is 19.5 Å². The van der Waals surface area contributed by atoms with Crippen molar-refractivity contribution in [2.24, 2.45) is 0 Å². The van der Waals surface area contributed by atoms with E-state index in [1.54, 1.807) is 18.2 Å². The topological polar surface area (TPSA) is 56.8 Å². The third-order valence-electron chi connectivity index (χ3n) is 3.31. The van der Waals surface area contributed by atoms with Gasteiger partial charge in [-0.05, 0) is 24.3 Å². The summed E-state index contributed by atoms with van der Waals surface area (Å²) < 4.78 is 42.7. The highest BCUT2D eigenvalue weighted by molar-refractivity contribution is 5.94. The van der Waals surface area contributed by atoms with Crippen molar-refractivity contribution in [2.45, 2.75) is 0 Å². The second kappa shape index (κ2) is 7.53. The molecule has 0 spiro atoms. The second-order valence-electron chi connectivity index (χ2n) is 4.94. The molecule has 128 valence electrons. The SMILES string of the molecule is O=C(NCC#CCOc1ccc2c(c1)OCO2)c1c(F)cccc1F. The summed E-state index contributed by atoms with van der Waals surface area (Å²) in [6.45, 7) is 0.210. The van der Waals surface area contributed by atoms with E-state index < -0.39 is 23.1 Å². The second-order valence-corrected chi connectivity index (χ2v) is 4.94. The van der Waals surface area contributed by atoms with E-state index in [0.717, 1.165) is 12.1 Å². The highest BCUT2D eigenvalue weighted by Crippen LogP contribution is 2.34. The van der Waals surface area contributed by atoms with Gasteiger partial charge < -0.3 is 19.5 Å². The van der Waals surface area contributed by atoms with Gasteiger partial charge in [0.25, 0.3) is 5.91 Å². The van der Waals surface area contributed by atoms with E-state index in [4.69, 9.17) is 14.2 Å². The predicted octanol–water partition coefficient (Wildman–Crippen LogP) is 2.51. The summed E-state index contributed by atoms with van der Waals surface area (Å²) in [4.78, 5) is 11.7. The van der Waals surface area contributed by atoms with Crippen molar-refractivity contribution < 1.29 is 27.8 Å². The van der Waals surface area contributed by atoms with Gasteiger partial charge in [0.1, 0.15) is 29.6 Å². The third-order valence-corrected chi connectivity index (χ3v) is 3.31. The first kappa shape index (κ1) is 16.6. The van der Waals surface area contributed by atoms with Crippen LogP contribution in [-0.4, -0.2) is 25.9 Å². The molecule has 25 heavy (non-hydrogen) atoms. The van der Waals surface area contributed by atoms with Gasteiger partial charge in [0.2, 0.25) is 6.79 Å². The lowest BCUT2D eigenvalue weighted by Crippen LogP contribution is -2.25. The number of hydrogen-bond donors (Lipinski definition) is 1. The van der Waals surface area contributed by atoms with Crippen LogP contribution in [0, 0.1) is 23.5 Å². The minimum atomic E-state index is -0.920. The van der Waals surface area contributed by atoms with Gasteiger partial charge in [0.15, 0.2) is 11.5 Å². The number of halogens is 2. The number of ether oxygens (including phenoxy) is 3. The molecule has 0 aliphatic carbocycles. The summed E-state index contributed by atoms with van der Waals surface area (Å²) in [7, 11) is 0. The molecule has 1 aliphatic rings. The molecular formula is C18H13F2NO4. The van der Waals surface area contributed by atoms with Crippen LogP contribution in [0.3, 0.4) is 0 Å². The molecule has 2 aromatic rings. The maximum atomic E-state index is 13.4. The van der Waals surface area contributed by atoms with E-state index in [9.17, 15) is 13.6 Å². The highest BCUT2D eigenvalue weighted by Gasteiger charge is 2.16. The molecule has 1 aliphatic heterocycles. The van der Waals surface area contributed by atoms with Gasteiger partial charge in [-0.2, -0.15) is 0 Å². The normalized spacial score (nSPS) is 11.4. The Morgan fingerprint density at radius 3 is 2.68 bits per heavy atom. The van der Waals surface area contributed by atoms with Crippen molar-refractivity contribution in [1.82, 2.24) is 5.32 Å². The third kappa shape index (κ3) is 3.98. The van der Waals surface area contributed by atoms with Crippen molar-refractivity contribution >= 4 is 5.91 Å². The molecule has 0 aromatic heterocycles. The Labute approximate surface area is 142 Å². The van der Waals surface area contributed by atoms with Crippen molar-refractivity contribution in [3.05, 3.63) is 53.6 Å². The maximum Gasteiger partial charge on any atom is 0.258 e. The van der Waals surface area contributed by atoms with E-state index in [2.05, 4.69) is 17.2 Å². The van der Waals surface area contributed by atoms with E-state index in [1.807, 2.05) is 0 Å². The molecule has 1 heterocycles. The van der Waals surface area contributed by atoms with Crippen molar-refractivity contribution in [2.75, 3.05) is 19.9 Å². The molecule has 0 fully saturated rings. The molecule has 0 bridgehead atoms. The molecular weight excluding hydrogens is 332 g/mol. The molecule has 5 nitrogen and oxygen atoms in total. The van der Waals surface area contributed by atoms with E-state index in [-0.39, 0.29) is 19.9 Å². The Morgan fingerprint density at radius 2 is 1.88 bits per heavy atom. The fourth-order valence-electron chi connectivity index (χ4n) is 2.13. The lowest BCUT2D eigenvalue weighted by atomic mass is 10.2. The fraction of sp³-hybridized carbons (Fsp3) is 0.167. The van der Waals surface area contributed by atoms with E-state index >= 15 is 0 Å². The summed E-state index contributed by atoms with van der Waals surface area (Å²) in [5, 5.41) is 2.33. The summed E-state index contributed by atoms with van der Waals surface area (Å²) in [6.07, 6.45) is 0. The molecule has 2 aromatic carbocycles. The number of rotatable bonds is 4. The Hall–Kier alpha value is -3.27. The van der Waals surface area contributed by atoms with Crippen LogP contribution in [0.1, 0.15) is 10.4 Å². The Kier molecular flexibility index (Phi) is 5.00. The maximum absolute atomic E-state index is 13.4. The quantitative estimate of drug-likeness (QED) is 0.865. The summed E-state index contributed by atoms with van der Waals surface area (Å²) >= 11 is 0. The van der Waals surface area contributed by atoms with Crippen LogP contribution >= 0.6 is 0 Å². The average molecular weight is 345 g/mol. The molecule has 0 saturated heterocycles. The molecule has 0 saturated carbocycles. The summed E-state index contributed by atoms with van der Waals surface area (Å²) in [5.74, 6) is 4.45. The van der Waals surface area contributed by atoms with Crippen LogP contribution in [0.2, 0.25) is 0 Å². The lowest BCUT2D eigenvalue weighted by Gasteiger charge is -2.04. The van der Waals surface area contributed by atoms with Crippen LogP contribution in [0.25, 0.3) is 0 Å². The zero-order valence-corrected chi connectivity index (χ0v) is 13.0. The molecule has 3 rings (SSSR count).